The molecule has 0 atom stereocenters. The lowest BCUT2D eigenvalue weighted by molar-refractivity contribution is 0.414. The number of hydrogen-bond acceptors (Lipinski definition) is 5. The summed E-state index contributed by atoms with van der Waals surface area (Å²) in [6.45, 7) is 3.12. The molecule has 0 aliphatic heterocycles. The van der Waals surface area contributed by atoms with Crippen molar-refractivity contribution in [2.75, 3.05) is 12.8 Å². The number of aromatic nitrogens is 2. The molecule has 0 saturated carbocycles. The molecule has 2 rings (SSSR count). The van der Waals surface area contributed by atoms with Gasteiger partial charge in [-0.15, -0.1) is 0 Å². The van der Waals surface area contributed by atoms with E-state index in [0.29, 0.717) is 11.1 Å². The molecule has 2 N–H and O–H groups in total. The molecule has 0 saturated heterocycles. The van der Waals surface area contributed by atoms with Gasteiger partial charge >= 0.3 is 0 Å². The van der Waals surface area contributed by atoms with Crippen molar-refractivity contribution in [3.63, 3.8) is 0 Å². The van der Waals surface area contributed by atoms with Crippen LogP contribution in [-0.4, -0.2) is 30.0 Å². The molecule has 114 valence electrons. The van der Waals surface area contributed by atoms with E-state index in [9.17, 15) is 12.8 Å². The Balaban J connectivity index is 2.50. The quantitative estimate of drug-likeness (QED) is 0.871. The highest BCUT2D eigenvalue weighted by atomic mass is 32.2. The summed E-state index contributed by atoms with van der Waals surface area (Å²) in [6, 6.07) is 2.74. The zero-order valence-electron chi connectivity index (χ0n) is 11.9. The Labute approximate surface area is 122 Å². The third-order valence-electron chi connectivity index (χ3n) is 3.06. The van der Waals surface area contributed by atoms with Crippen molar-refractivity contribution in [1.29, 1.82) is 0 Å². The number of nitrogens with two attached hydrogens (primary N) is 1. The standard InChI is InChI=1S/C13H16FN3O3S/c1-8(2)21(18,19)17-7-10(6-16-17)9-4-11(14)13(15)12(5-9)20-3/h4-8H,15H2,1-3H3. The largest absolute Gasteiger partial charge is 0.494 e. The predicted octanol–water partition coefficient (Wildman–Crippen LogP) is 1.87. The minimum Gasteiger partial charge on any atom is -0.494 e. The van der Waals surface area contributed by atoms with Crippen molar-refractivity contribution in [2.45, 2.75) is 19.1 Å². The molecule has 0 bridgehead atoms. The fraction of sp³-hybridized carbons (Fsp3) is 0.308. The van der Waals surface area contributed by atoms with E-state index in [1.807, 2.05) is 0 Å². The third kappa shape index (κ3) is 2.71. The molecule has 1 aromatic carbocycles. The summed E-state index contributed by atoms with van der Waals surface area (Å²) in [7, 11) is -2.17. The highest BCUT2D eigenvalue weighted by molar-refractivity contribution is 7.90. The van der Waals surface area contributed by atoms with Gasteiger partial charge in [-0.3, -0.25) is 0 Å². The van der Waals surface area contributed by atoms with Crippen LogP contribution in [0.5, 0.6) is 5.75 Å². The van der Waals surface area contributed by atoms with Crippen LogP contribution < -0.4 is 10.5 Å². The minimum atomic E-state index is -3.54. The van der Waals surface area contributed by atoms with Crippen LogP contribution in [0.3, 0.4) is 0 Å². The predicted molar refractivity (Wildman–Crippen MR) is 78.0 cm³/mol. The molecule has 0 fully saturated rings. The van der Waals surface area contributed by atoms with Crippen LogP contribution in [0.15, 0.2) is 24.5 Å². The number of benzene rings is 1. The van der Waals surface area contributed by atoms with Gasteiger partial charge < -0.3 is 10.5 Å². The summed E-state index contributed by atoms with van der Waals surface area (Å²) >= 11 is 0. The first kappa shape index (κ1) is 15.3. The first-order chi connectivity index (χ1) is 9.77. The number of methoxy groups -OCH3 is 1. The molecular formula is C13H16FN3O3S. The number of ether oxygens (including phenoxy) is 1. The van der Waals surface area contributed by atoms with Crippen LogP contribution in [-0.2, 0) is 10.0 Å². The molecule has 6 nitrogen and oxygen atoms in total. The van der Waals surface area contributed by atoms with Crippen LogP contribution in [0.2, 0.25) is 0 Å². The lowest BCUT2D eigenvalue weighted by Gasteiger charge is -2.08. The van der Waals surface area contributed by atoms with Gasteiger partial charge in [0.05, 0.1) is 24.8 Å². The molecule has 0 amide bonds. The van der Waals surface area contributed by atoms with Crippen LogP contribution in [0.4, 0.5) is 10.1 Å². The summed E-state index contributed by atoms with van der Waals surface area (Å²) in [5.41, 5.74) is 6.33. The topological polar surface area (TPSA) is 87.2 Å². The van der Waals surface area contributed by atoms with E-state index >= 15 is 0 Å². The van der Waals surface area contributed by atoms with E-state index in [1.54, 1.807) is 13.8 Å². The number of anilines is 1. The second kappa shape index (κ2) is 5.36. The zero-order chi connectivity index (χ0) is 15.8. The number of hydrogen-bond donors (Lipinski definition) is 1. The normalized spacial score (nSPS) is 11.9. The molecule has 0 spiro atoms. The maximum absolute atomic E-state index is 13.7. The molecule has 2 aromatic rings. The smallest absolute Gasteiger partial charge is 0.256 e. The van der Waals surface area contributed by atoms with E-state index < -0.39 is 21.1 Å². The lowest BCUT2D eigenvalue weighted by Crippen LogP contribution is -2.22. The van der Waals surface area contributed by atoms with Crippen molar-refractivity contribution < 1.29 is 17.5 Å². The Morgan fingerprint density at radius 3 is 2.57 bits per heavy atom. The minimum absolute atomic E-state index is 0.0940. The van der Waals surface area contributed by atoms with Crippen LogP contribution in [0, 0.1) is 5.82 Å². The Morgan fingerprint density at radius 2 is 2.00 bits per heavy atom. The van der Waals surface area contributed by atoms with Gasteiger partial charge in [-0.05, 0) is 31.5 Å². The molecule has 21 heavy (non-hydrogen) atoms. The fourth-order valence-electron chi connectivity index (χ4n) is 1.74. The van der Waals surface area contributed by atoms with Gasteiger partial charge in [0.15, 0.2) is 5.82 Å². The van der Waals surface area contributed by atoms with Gasteiger partial charge in [-0.25, -0.2) is 12.8 Å². The summed E-state index contributed by atoms with van der Waals surface area (Å²) in [4.78, 5) is 0. The number of halogens is 1. The van der Waals surface area contributed by atoms with Gasteiger partial charge in [0, 0.05) is 5.56 Å². The molecule has 1 heterocycles. The highest BCUT2D eigenvalue weighted by Gasteiger charge is 2.20. The summed E-state index contributed by atoms with van der Waals surface area (Å²) in [5, 5.41) is 3.22. The van der Waals surface area contributed by atoms with Gasteiger partial charge in [0.2, 0.25) is 0 Å². The Hall–Kier alpha value is -2.09. The third-order valence-corrected chi connectivity index (χ3v) is 4.97. The average Bonchev–Trinajstić information content (AvgIpc) is 2.91. The highest BCUT2D eigenvalue weighted by Crippen LogP contribution is 2.31. The SMILES string of the molecule is COc1cc(-c2cnn(S(=O)(=O)C(C)C)c2)cc(F)c1N. The molecule has 0 aliphatic carbocycles. The molecule has 1 aromatic heterocycles. The Kier molecular flexibility index (Phi) is 3.91. The monoisotopic (exact) mass is 313 g/mol. The summed E-state index contributed by atoms with van der Waals surface area (Å²) in [6.07, 6.45) is 2.68. The van der Waals surface area contributed by atoms with Crippen LogP contribution >= 0.6 is 0 Å². The van der Waals surface area contributed by atoms with E-state index in [2.05, 4.69) is 5.10 Å². The van der Waals surface area contributed by atoms with Crippen molar-refractivity contribution in [3.05, 3.63) is 30.3 Å². The number of nitrogens with zero attached hydrogens (tertiary/aromatic N) is 2. The number of nitrogen functional groups attached to an aromatic ring is 1. The molecule has 0 unspecified atom stereocenters. The molecule has 0 radical (unpaired) electrons. The van der Waals surface area contributed by atoms with Gasteiger partial charge in [-0.2, -0.15) is 9.19 Å². The Morgan fingerprint density at radius 1 is 1.33 bits per heavy atom. The molecular weight excluding hydrogens is 297 g/mol. The van der Waals surface area contributed by atoms with Crippen molar-refractivity contribution >= 4 is 15.7 Å². The first-order valence-corrected chi connectivity index (χ1v) is 7.70. The van der Waals surface area contributed by atoms with Crippen molar-refractivity contribution in [1.82, 2.24) is 9.19 Å². The average molecular weight is 313 g/mol. The van der Waals surface area contributed by atoms with E-state index in [1.165, 1.54) is 31.6 Å². The van der Waals surface area contributed by atoms with E-state index in [-0.39, 0.29) is 11.4 Å². The summed E-state index contributed by atoms with van der Waals surface area (Å²) < 4.78 is 43.6. The molecule has 0 aliphatic rings. The number of rotatable bonds is 4. The lowest BCUT2D eigenvalue weighted by atomic mass is 10.1. The summed E-state index contributed by atoms with van der Waals surface area (Å²) in [5.74, 6) is -0.451. The van der Waals surface area contributed by atoms with Gasteiger partial charge in [-0.1, -0.05) is 0 Å². The van der Waals surface area contributed by atoms with Gasteiger partial charge in [0.25, 0.3) is 10.0 Å². The van der Waals surface area contributed by atoms with Gasteiger partial charge in [0.1, 0.15) is 11.4 Å². The molecule has 8 heteroatoms. The van der Waals surface area contributed by atoms with Crippen molar-refractivity contribution in [2.24, 2.45) is 0 Å². The fourth-order valence-corrected chi connectivity index (χ4v) is 2.61. The first-order valence-electron chi connectivity index (χ1n) is 6.19. The van der Waals surface area contributed by atoms with Crippen molar-refractivity contribution in [3.8, 4) is 16.9 Å². The maximum atomic E-state index is 13.7. The van der Waals surface area contributed by atoms with E-state index in [4.69, 9.17) is 10.5 Å². The second-order valence-electron chi connectivity index (χ2n) is 4.77. The maximum Gasteiger partial charge on any atom is 0.256 e. The van der Waals surface area contributed by atoms with E-state index in [0.717, 1.165) is 4.09 Å². The Bertz CT molecular complexity index is 769. The van der Waals surface area contributed by atoms with Crippen LogP contribution in [0.1, 0.15) is 13.8 Å². The van der Waals surface area contributed by atoms with Crippen LogP contribution in [0.25, 0.3) is 11.1 Å². The zero-order valence-corrected chi connectivity index (χ0v) is 12.7. The second-order valence-corrected chi connectivity index (χ2v) is 7.12.